The van der Waals surface area contributed by atoms with Crippen molar-refractivity contribution in [3.05, 3.63) is 65.4 Å². The van der Waals surface area contributed by atoms with Crippen LogP contribution in [-0.4, -0.2) is 54.3 Å². The van der Waals surface area contributed by atoms with Gasteiger partial charge in [0.15, 0.2) is 11.6 Å². The summed E-state index contributed by atoms with van der Waals surface area (Å²) in [5.74, 6) is 0.359. The summed E-state index contributed by atoms with van der Waals surface area (Å²) in [4.78, 5) is 14.4. The molecule has 3 N–H and O–H groups in total. The van der Waals surface area contributed by atoms with Crippen LogP contribution in [0.5, 0.6) is 0 Å². The highest BCUT2D eigenvalue weighted by atomic mass is 19.1. The molecular weight excluding hydrogens is 449 g/mol. The molecule has 0 bridgehead atoms. The molecule has 0 unspecified atom stereocenters. The van der Waals surface area contributed by atoms with Gasteiger partial charge < -0.3 is 15.0 Å². The number of hydrogen-bond acceptors (Lipinski definition) is 10. The van der Waals surface area contributed by atoms with Crippen molar-refractivity contribution >= 4 is 23.1 Å². The van der Waals surface area contributed by atoms with Crippen LogP contribution in [0.3, 0.4) is 0 Å². The standard InChI is InChI=1S/C24H28FN9O/c1-16-10-18(4-5-21(16)17-11-28-29-12-17)31-20-3-2-19(26-13-20)14-30-33-24-27-15-22(25)23(32-24)34-6-8-35-9-7-34/h2-5,10,13,15,17,28-29,31H,6-9,11-12,14H2,1H3. The third kappa shape index (κ3) is 5.76. The van der Waals surface area contributed by atoms with Gasteiger partial charge in [-0.05, 0) is 42.3 Å². The maximum absolute atomic E-state index is 14.1. The fraction of sp³-hybridized carbons (Fsp3) is 0.375. The van der Waals surface area contributed by atoms with E-state index < -0.39 is 5.82 Å². The zero-order valence-electron chi connectivity index (χ0n) is 19.5. The molecule has 35 heavy (non-hydrogen) atoms. The lowest BCUT2D eigenvalue weighted by molar-refractivity contribution is 0.122. The van der Waals surface area contributed by atoms with Crippen LogP contribution in [0.2, 0.25) is 0 Å². The zero-order chi connectivity index (χ0) is 24.0. The van der Waals surface area contributed by atoms with Crippen LogP contribution in [0, 0.1) is 12.7 Å². The number of hydrazine groups is 1. The number of rotatable bonds is 7. The molecule has 0 aliphatic carbocycles. The van der Waals surface area contributed by atoms with Gasteiger partial charge in [0, 0.05) is 37.8 Å². The zero-order valence-corrected chi connectivity index (χ0v) is 19.5. The summed E-state index contributed by atoms with van der Waals surface area (Å²) >= 11 is 0. The summed E-state index contributed by atoms with van der Waals surface area (Å²) in [5.41, 5.74) is 11.6. The van der Waals surface area contributed by atoms with E-state index >= 15 is 0 Å². The lowest BCUT2D eigenvalue weighted by atomic mass is 9.95. The lowest BCUT2D eigenvalue weighted by Gasteiger charge is -2.27. The molecule has 182 valence electrons. The predicted molar refractivity (Wildman–Crippen MR) is 131 cm³/mol. The number of halogens is 1. The average Bonchev–Trinajstić information content (AvgIpc) is 3.41. The Morgan fingerprint density at radius 2 is 1.89 bits per heavy atom. The maximum Gasteiger partial charge on any atom is 0.270 e. The number of nitrogens with zero attached hydrogens (tertiary/aromatic N) is 6. The number of benzene rings is 1. The van der Waals surface area contributed by atoms with Gasteiger partial charge in [-0.2, -0.15) is 10.1 Å². The molecule has 3 aromatic rings. The van der Waals surface area contributed by atoms with Gasteiger partial charge in [0.2, 0.25) is 0 Å². The molecule has 4 heterocycles. The molecule has 0 amide bonds. The first-order valence-electron chi connectivity index (χ1n) is 11.7. The first kappa shape index (κ1) is 23.2. The molecule has 0 spiro atoms. The van der Waals surface area contributed by atoms with Crippen LogP contribution < -0.4 is 21.1 Å². The number of hydrogen-bond donors (Lipinski definition) is 3. The summed E-state index contributed by atoms with van der Waals surface area (Å²) in [5, 5.41) is 11.6. The Morgan fingerprint density at radius 3 is 2.63 bits per heavy atom. The van der Waals surface area contributed by atoms with E-state index in [1.165, 1.54) is 11.1 Å². The Labute approximate surface area is 203 Å². The van der Waals surface area contributed by atoms with Gasteiger partial charge in [-0.3, -0.25) is 15.8 Å². The number of aromatic nitrogens is 3. The van der Waals surface area contributed by atoms with Crippen molar-refractivity contribution in [1.82, 2.24) is 25.8 Å². The van der Waals surface area contributed by atoms with Crippen molar-refractivity contribution in [2.75, 3.05) is 49.6 Å². The van der Waals surface area contributed by atoms with Gasteiger partial charge in [-0.1, -0.05) is 6.07 Å². The van der Waals surface area contributed by atoms with E-state index in [1.807, 2.05) is 17.0 Å². The van der Waals surface area contributed by atoms with Crippen LogP contribution >= 0.6 is 0 Å². The number of anilines is 3. The first-order chi connectivity index (χ1) is 17.2. The van der Waals surface area contributed by atoms with Gasteiger partial charge in [-0.15, -0.1) is 5.11 Å². The normalized spacial score (nSPS) is 16.8. The van der Waals surface area contributed by atoms with E-state index in [2.05, 4.69) is 66.5 Å². The van der Waals surface area contributed by atoms with E-state index in [-0.39, 0.29) is 18.3 Å². The Balaban J connectivity index is 1.18. The third-order valence-electron chi connectivity index (χ3n) is 6.06. The second-order valence-corrected chi connectivity index (χ2v) is 8.53. The van der Waals surface area contributed by atoms with Crippen LogP contribution in [0.15, 0.2) is 53.0 Å². The molecule has 0 radical (unpaired) electrons. The van der Waals surface area contributed by atoms with Crippen LogP contribution in [0.25, 0.3) is 0 Å². The van der Waals surface area contributed by atoms with E-state index in [1.54, 1.807) is 6.20 Å². The number of morpholine rings is 1. The minimum Gasteiger partial charge on any atom is -0.378 e. The van der Waals surface area contributed by atoms with E-state index in [4.69, 9.17) is 4.74 Å². The summed E-state index contributed by atoms with van der Waals surface area (Å²) < 4.78 is 19.5. The second-order valence-electron chi connectivity index (χ2n) is 8.53. The highest BCUT2D eigenvalue weighted by molar-refractivity contribution is 5.60. The Kier molecular flexibility index (Phi) is 7.17. The van der Waals surface area contributed by atoms with Crippen molar-refractivity contribution in [3.63, 3.8) is 0 Å². The van der Waals surface area contributed by atoms with Crippen molar-refractivity contribution in [1.29, 1.82) is 0 Å². The Hall–Kier alpha value is -3.54. The monoisotopic (exact) mass is 477 g/mol. The van der Waals surface area contributed by atoms with Crippen molar-refractivity contribution in [2.24, 2.45) is 10.2 Å². The van der Waals surface area contributed by atoms with Crippen LogP contribution in [0.1, 0.15) is 22.7 Å². The van der Waals surface area contributed by atoms with E-state index in [0.29, 0.717) is 32.2 Å². The fourth-order valence-electron chi connectivity index (χ4n) is 4.22. The van der Waals surface area contributed by atoms with Crippen molar-refractivity contribution in [3.8, 4) is 0 Å². The average molecular weight is 478 g/mol. The molecule has 10 nitrogen and oxygen atoms in total. The van der Waals surface area contributed by atoms with Gasteiger partial charge in [-0.25, -0.2) is 9.37 Å². The second kappa shape index (κ2) is 10.8. The fourth-order valence-corrected chi connectivity index (χ4v) is 4.22. The van der Waals surface area contributed by atoms with Gasteiger partial charge in [0.1, 0.15) is 6.54 Å². The topological polar surface area (TPSA) is 112 Å². The molecule has 2 fully saturated rings. The number of nitrogens with one attached hydrogen (secondary N) is 3. The maximum atomic E-state index is 14.1. The first-order valence-corrected chi connectivity index (χ1v) is 11.7. The SMILES string of the molecule is Cc1cc(Nc2ccc(CN=Nc3ncc(F)c(N4CCOCC4)n3)nc2)ccc1C1CNNC1. The summed E-state index contributed by atoms with van der Waals surface area (Å²) in [6, 6.07) is 10.3. The third-order valence-corrected chi connectivity index (χ3v) is 6.06. The number of azo groups is 1. The van der Waals surface area contributed by atoms with Gasteiger partial charge in [0.05, 0.1) is 37.0 Å². The molecule has 5 rings (SSSR count). The van der Waals surface area contributed by atoms with Crippen molar-refractivity contribution < 1.29 is 9.13 Å². The van der Waals surface area contributed by atoms with Crippen LogP contribution in [0.4, 0.5) is 27.5 Å². The van der Waals surface area contributed by atoms with Crippen LogP contribution in [-0.2, 0) is 11.3 Å². The molecular formula is C24H28FN9O. The highest BCUT2D eigenvalue weighted by Gasteiger charge is 2.19. The molecule has 11 heteroatoms. The van der Waals surface area contributed by atoms with Gasteiger partial charge >= 0.3 is 0 Å². The summed E-state index contributed by atoms with van der Waals surface area (Å²) in [6.07, 6.45) is 2.89. The molecule has 1 aromatic carbocycles. The molecule has 2 aliphatic rings. The Morgan fingerprint density at radius 1 is 1.09 bits per heavy atom. The molecule has 2 aliphatic heterocycles. The number of ether oxygens (including phenoxy) is 1. The van der Waals surface area contributed by atoms with Crippen molar-refractivity contribution in [2.45, 2.75) is 19.4 Å². The van der Waals surface area contributed by atoms with E-state index in [0.717, 1.165) is 36.4 Å². The minimum atomic E-state index is -0.479. The molecule has 0 saturated carbocycles. The minimum absolute atomic E-state index is 0.120. The largest absolute Gasteiger partial charge is 0.378 e. The van der Waals surface area contributed by atoms with E-state index in [9.17, 15) is 4.39 Å². The predicted octanol–water partition coefficient (Wildman–Crippen LogP) is 3.37. The van der Waals surface area contributed by atoms with Gasteiger partial charge in [0.25, 0.3) is 5.95 Å². The summed E-state index contributed by atoms with van der Waals surface area (Å²) in [7, 11) is 0. The number of pyridine rings is 1. The lowest BCUT2D eigenvalue weighted by Crippen LogP contribution is -2.37. The Bertz CT molecular complexity index is 1180. The quantitative estimate of drug-likeness (QED) is 0.444. The molecule has 0 atom stereocenters. The smallest absolute Gasteiger partial charge is 0.270 e. The molecule has 2 aromatic heterocycles. The summed E-state index contributed by atoms with van der Waals surface area (Å²) in [6.45, 7) is 6.53. The number of aryl methyl sites for hydroxylation is 1. The highest BCUT2D eigenvalue weighted by Crippen LogP contribution is 2.26. The molecule has 2 saturated heterocycles.